The summed E-state index contributed by atoms with van der Waals surface area (Å²) in [6.45, 7) is 0. The molecule has 0 aliphatic heterocycles. The highest BCUT2D eigenvalue weighted by Crippen LogP contribution is 2.30. The Morgan fingerprint density at radius 3 is 2.55 bits per heavy atom. The van der Waals surface area contributed by atoms with E-state index in [2.05, 4.69) is 10.3 Å². The van der Waals surface area contributed by atoms with Crippen LogP contribution >= 0.6 is 23.2 Å². The van der Waals surface area contributed by atoms with Crippen LogP contribution in [-0.4, -0.2) is 25.0 Å². The van der Waals surface area contributed by atoms with Crippen molar-refractivity contribution in [2.24, 2.45) is 0 Å². The van der Waals surface area contributed by atoms with Gasteiger partial charge in [-0.1, -0.05) is 23.2 Å². The van der Waals surface area contributed by atoms with Crippen molar-refractivity contribution in [2.75, 3.05) is 19.5 Å². The number of benzene rings is 2. The van der Waals surface area contributed by atoms with Gasteiger partial charge >= 0.3 is 0 Å². The maximum atomic E-state index is 12.6. The van der Waals surface area contributed by atoms with Gasteiger partial charge in [0.25, 0.3) is 0 Å². The fraction of sp³-hybridized carbons (Fsp3) is 0.0909. The third-order valence-corrected chi connectivity index (χ3v) is 4.65. The summed E-state index contributed by atoms with van der Waals surface area (Å²) < 4.78 is 10.5. The molecule has 0 saturated carbocycles. The highest BCUT2D eigenvalue weighted by atomic mass is 35.5. The topological polar surface area (TPSA) is 60.5 Å². The molecule has 29 heavy (non-hydrogen) atoms. The summed E-state index contributed by atoms with van der Waals surface area (Å²) in [5.74, 6) is 1.44. The van der Waals surface area contributed by atoms with Crippen LogP contribution in [0.4, 0.5) is 11.5 Å². The number of anilines is 2. The molecule has 2 aromatic carbocycles. The van der Waals surface area contributed by atoms with Gasteiger partial charge in [-0.25, -0.2) is 4.98 Å². The van der Waals surface area contributed by atoms with Gasteiger partial charge in [0.1, 0.15) is 5.82 Å². The van der Waals surface area contributed by atoms with Crippen LogP contribution in [0, 0.1) is 0 Å². The number of hydrogen-bond acceptors (Lipinski definition) is 5. The molecule has 0 amide bonds. The van der Waals surface area contributed by atoms with Gasteiger partial charge in [0.2, 0.25) is 0 Å². The van der Waals surface area contributed by atoms with Crippen LogP contribution < -0.4 is 14.8 Å². The first-order valence-corrected chi connectivity index (χ1v) is 9.39. The Bertz CT molecular complexity index is 1070. The first-order chi connectivity index (χ1) is 14.0. The lowest BCUT2D eigenvalue weighted by Crippen LogP contribution is -1.99. The third-order valence-electron chi connectivity index (χ3n) is 4.11. The van der Waals surface area contributed by atoms with Crippen LogP contribution in [0.1, 0.15) is 15.9 Å². The summed E-state index contributed by atoms with van der Waals surface area (Å²) in [6.07, 6.45) is 4.82. The second kappa shape index (κ2) is 9.45. The molecule has 3 rings (SSSR count). The number of carbonyl (C=O) groups is 1. The first kappa shape index (κ1) is 20.7. The fourth-order valence-corrected chi connectivity index (χ4v) is 3.08. The van der Waals surface area contributed by atoms with Crippen LogP contribution in [0.5, 0.6) is 11.5 Å². The van der Waals surface area contributed by atoms with Gasteiger partial charge in [0.15, 0.2) is 17.3 Å². The average molecular weight is 429 g/mol. The molecule has 0 fully saturated rings. The molecule has 0 radical (unpaired) electrons. The SMILES string of the molecule is COc1ccc(C(=O)C=Cc2cccnc2Nc2ccc(Cl)cc2Cl)cc1OC. The van der Waals surface area contributed by atoms with Crippen LogP contribution in [-0.2, 0) is 0 Å². The van der Waals surface area contributed by atoms with Gasteiger partial charge in [-0.05, 0) is 60.7 Å². The molecule has 1 aromatic heterocycles. The van der Waals surface area contributed by atoms with Crippen LogP contribution in [0.2, 0.25) is 10.0 Å². The summed E-state index contributed by atoms with van der Waals surface area (Å²) in [5, 5.41) is 4.18. The van der Waals surface area contributed by atoms with Gasteiger partial charge in [0, 0.05) is 22.3 Å². The summed E-state index contributed by atoms with van der Waals surface area (Å²) in [6, 6.07) is 13.8. The monoisotopic (exact) mass is 428 g/mol. The Kier molecular flexibility index (Phi) is 6.75. The maximum Gasteiger partial charge on any atom is 0.185 e. The Morgan fingerprint density at radius 2 is 1.83 bits per heavy atom. The van der Waals surface area contributed by atoms with Gasteiger partial charge in [-0.15, -0.1) is 0 Å². The number of halogens is 2. The second-order valence-corrected chi connectivity index (χ2v) is 6.80. The molecule has 0 saturated heterocycles. The summed E-state index contributed by atoms with van der Waals surface area (Å²) in [4.78, 5) is 16.9. The van der Waals surface area contributed by atoms with E-state index in [0.29, 0.717) is 38.6 Å². The third kappa shape index (κ3) is 5.08. The molecule has 0 bridgehead atoms. The number of pyridine rings is 1. The Hall–Kier alpha value is -3.02. The predicted molar refractivity (Wildman–Crippen MR) is 117 cm³/mol. The second-order valence-electron chi connectivity index (χ2n) is 5.96. The number of nitrogens with one attached hydrogen (secondary N) is 1. The van der Waals surface area contributed by atoms with Gasteiger partial charge in [-0.3, -0.25) is 4.79 Å². The Morgan fingerprint density at radius 1 is 1.03 bits per heavy atom. The number of nitrogens with zero attached hydrogens (tertiary/aromatic N) is 1. The van der Waals surface area contributed by atoms with E-state index in [1.807, 2.05) is 6.07 Å². The average Bonchev–Trinajstić information content (AvgIpc) is 2.74. The maximum absolute atomic E-state index is 12.6. The molecular formula is C22H18Cl2N2O3. The molecule has 1 heterocycles. The summed E-state index contributed by atoms with van der Waals surface area (Å²) in [7, 11) is 3.07. The number of methoxy groups -OCH3 is 2. The lowest BCUT2D eigenvalue weighted by molar-refractivity contribution is 0.104. The van der Waals surface area contributed by atoms with E-state index in [1.165, 1.54) is 13.2 Å². The largest absolute Gasteiger partial charge is 0.493 e. The van der Waals surface area contributed by atoms with Crippen molar-refractivity contribution in [1.82, 2.24) is 4.98 Å². The minimum absolute atomic E-state index is 0.176. The predicted octanol–water partition coefficient (Wildman–Crippen LogP) is 6.05. The molecule has 148 valence electrons. The van der Waals surface area contributed by atoms with E-state index in [-0.39, 0.29) is 5.78 Å². The molecule has 0 unspecified atom stereocenters. The molecule has 0 atom stereocenters. The summed E-state index contributed by atoms with van der Waals surface area (Å²) in [5.41, 5.74) is 1.88. The molecule has 1 N–H and O–H groups in total. The number of ketones is 1. The summed E-state index contributed by atoms with van der Waals surface area (Å²) >= 11 is 12.2. The molecule has 0 aliphatic rings. The van der Waals surface area contributed by atoms with Crippen LogP contribution in [0.25, 0.3) is 6.08 Å². The van der Waals surface area contributed by atoms with Crippen molar-refractivity contribution >= 4 is 46.6 Å². The van der Waals surface area contributed by atoms with Crippen molar-refractivity contribution in [3.05, 3.63) is 82.0 Å². The smallest absolute Gasteiger partial charge is 0.185 e. The first-order valence-electron chi connectivity index (χ1n) is 8.63. The molecule has 0 spiro atoms. The van der Waals surface area contributed by atoms with E-state index in [9.17, 15) is 4.79 Å². The highest BCUT2D eigenvalue weighted by Gasteiger charge is 2.10. The van der Waals surface area contributed by atoms with Crippen LogP contribution in [0.15, 0.2) is 60.8 Å². The quantitative estimate of drug-likeness (QED) is 0.366. The normalized spacial score (nSPS) is 10.8. The number of allylic oxidation sites excluding steroid dienone is 1. The van der Waals surface area contributed by atoms with Crippen molar-refractivity contribution in [3.8, 4) is 11.5 Å². The van der Waals surface area contributed by atoms with Crippen molar-refractivity contribution in [2.45, 2.75) is 0 Å². The van der Waals surface area contributed by atoms with Crippen molar-refractivity contribution < 1.29 is 14.3 Å². The van der Waals surface area contributed by atoms with Crippen LogP contribution in [0.3, 0.4) is 0 Å². The van der Waals surface area contributed by atoms with E-state index in [4.69, 9.17) is 32.7 Å². The van der Waals surface area contributed by atoms with Gasteiger partial charge in [-0.2, -0.15) is 0 Å². The zero-order valence-electron chi connectivity index (χ0n) is 15.8. The van der Waals surface area contributed by atoms with Crippen molar-refractivity contribution in [3.63, 3.8) is 0 Å². The lowest BCUT2D eigenvalue weighted by Gasteiger charge is -2.10. The number of hydrogen-bond donors (Lipinski definition) is 1. The Balaban J connectivity index is 1.83. The molecular weight excluding hydrogens is 411 g/mol. The van der Waals surface area contributed by atoms with E-state index in [1.54, 1.807) is 61.8 Å². The molecule has 5 nitrogen and oxygen atoms in total. The minimum Gasteiger partial charge on any atom is -0.493 e. The fourth-order valence-electron chi connectivity index (χ4n) is 2.63. The van der Waals surface area contributed by atoms with Gasteiger partial charge in [0.05, 0.1) is 24.9 Å². The molecule has 7 heteroatoms. The molecule has 3 aromatic rings. The molecule has 0 aliphatic carbocycles. The zero-order valence-corrected chi connectivity index (χ0v) is 17.3. The number of rotatable bonds is 7. The highest BCUT2D eigenvalue weighted by molar-refractivity contribution is 6.36. The number of carbonyl (C=O) groups excluding carboxylic acids is 1. The van der Waals surface area contributed by atoms with Gasteiger partial charge < -0.3 is 14.8 Å². The lowest BCUT2D eigenvalue weighted by atomic mass is 10.1. The standard InChI is InChI=1S/C22H18Cl2N2O3/c1-28-20-10-6-15(12-21(20)29-2)19(27)9-5-14-4-3-11-25-22(14)26-18-8-7-16(23)13-17(18)24/h3-13H,1-2H3,(H,25,26). The number of ether oxygens (including phenoxy) is 2. The van der Waals surface area contributed by atoms with Crippen molar-refractivity contribution in [1.29, 1.82) is 0 Å². The van der Waals surface area contributed by atoms with E-state index >= 15 is 0 Å². The Labute approximate surface area is 178 Å². The number of aromatic nitrogens is 1. The zero-order chi connectivity index (χ0) is 20.8. The minimum atomic E-state index is -0.176. The van der Waals surface area contributed by atoms with E-state index in [0.717, 1.165) is 5.56 Å². The van der Waals surface area contributed by atoms with E-state index < -0.39 is 0 Å².